The summed E-state index contributed by atoms with van der Waals surface area (Å²) in [6.07, 6.45) is 1.16. The van der Waals surface area contributed by atoms with E-state index < -0.39 is 0 Å². The predicted molar refractivity (Wildman–Crippen MR) is 184 cm³/mol. The van der Waals surface area contributed by atoms with Gasteiger partial charge in [-0.3, -0.25) is 0 Å². The molecule has 0 heteroatoms. The van der Waals surface area contributed by atoms with Gasteiger partial charge in [0.1, 0.15) is 0 Å². The van der Waals surface area contributed by atoms with Crippen molar-refractivity contribution in [1.29, 1.82) is 0 Å². The molecule has 214 valence electrons. The average Bonchev–Trinajstić information content (AvgIpc) is 3.00. The van der Waals surface area contributed by atoms with Gasteiger partial charge in [0.25, 0.3) is 0 Å². The maximum absolute atomic E-state index is 2.34. The van der Waals surface area contributed by atoms with Crippen LogP contribution in [0.15, 0.2) is 115 Å². The Kier molecular flexibility index (Phi) is 8.29. The molecule has 0 nitrogen and oxygen atoms in total. The standard InChI is InChI=1S/C42H46/c1-9-29(2)30-10-12-31(13-11-30)32-14-16-33(17-15-32)36-26-37(34-18-22-39(23-19-34)41(3,4)5)28-38(27-36)35-20-24-40(25-21-35)42(6,7)8/h10-29H,9H2,1-8H3. The molecular weight excluding hydrogens is 504 g/mol. The second-order valence-corrected chi connectivity index (χ2v) is 14.0. The lowest BCUT2D eigenvalue weighted by Crippen LogP contribution is -2.10. The van der Waals surface area contributed by atoms with Crippen LogP contribution in [0.4, 0.5) is 0 Å². The lowest BCUT2D eigenvalue weighted by Gasteiger charge is -2.20. The van der Waals surface area contributed by atoms with Crippen LogP contribution in [0.2, 0.25) is 0 Å². The molecule has 0 bridgehead atoms. The summed E-state index contributed by atoms with van der Waals surface area (Å²) in [7, 11) is 0. The lowest BCUT2D eigenvalue weighted by molar-refractivity contribution is 0.590. The van der Waals surface area contributed by atoms with Crippen LogP contribution in [-0.2, 0) is 10.8 Å². The molecule has 0 aliphatic heterocycles. The van der Waals surface area contributed by atoms with Crippen molar-refractivity contribution < 1.29 is 0 Å². The molecule has 0 amide bonds. The molecule has 0 fully saturated rings. The lowest BCUT2D eigenvalue weighted by atomic mass is 9.85. The van der Waals surface area contributed by atoms with E-state index in [1.165, 1.54) is 61.2 Å². The van der Waals surface area contributed by atoms with E-state index in [2.05, 4.69) is 171 Å². The highest BCUT2D eigenvalue weighted by Crippen LogP contribution is 2.36. The zero-order chi connectivity index (χ0) is 30.1. The van der Waals surface area contributed by atoms with E-state index in [-0.39, 0.29) is 10.8 Å². The van der Waals surface area contributed by atoms with E-state index in [0.29, 0.717) is 5.92 Å². The van der Waals surface area contributed by atoms with Crippen LogP contribution < -0.4 is 0 Å². The monoisotopic (exact) mass is 550 g/mol. The van der Waals surface area contributed by atoms with Gasteiger partial charge in [0.2, 0.25) is 0 Å². The van der Waals surface area contributed by atoms with Gasteiger partial charge in [0.05, 0.1) is 0 Å². The molecule has 0 saturated heterocycles. The minimum atomic E-state index is 0.136. The third kappa shape index (κ3) is 6.60. The molecule has 0 aliphatic carbocycles. The topological polar surface area (TPSA) is 0 Å². The first kappa shape index (κ1) is 29.6. The summed E-state index contributed by atoms with van der Waals surface area (Å²) in [6.45, 7) is 18.2. The van der Waals surface area contributed by atoms with Gasteiger partial charge in [-0.2, -0.15) is 0 Å². The van der Waals surface area contributed by atoms with Gasteiger partial charge in [0.15, 0.2) is 0 Å². The summed E-state index contributed by atoms with van der Waals surface area (Å²) in [6, 6.07) is 43.4. The van der Waals surface area contributed by atoms with Gasteiger partial charge >= 0.3 is 0 Å². The Labute approximate surface area is 254 Å². The Balaban J connectivity index is 1.54. The van der Waals surface area contributed by atoms with Crippen LogP contribution in [-0.4, -0.2) is 0 Å². The molecule has 5 aromatic rings. The van der Waals surface area contributed by atoms with Crippen LogP contribution in [0.5, 0.6) is 0 Å². The maximum Gasteiger partial charge on any atom is -0.0132 e. The van der Waals surface area contributed by atoms with E-state index in [1.807, 2.05) is 0 Å². The zero-order valence-corrected chi connectivity index (χ0v) is 26.8. The summed E-state index contributed by atoms with van der Waals surface area (Å²) in [5.41, 5.74) is 14.4. The van der Waals surface area contributed by atoms with Crippen molar-refractivity contribution >= 4 is 0 Å². The van der Waals surface area contributed by atoms with Crippen LogP contribution in [0.3, 0.4) is 0 Å². The number of rotatable bonds is 6. The fourth-order valence-corrected chi connectivity index (χ4v) is 5.55. The van der Waals surface area contributed by atoms with Crippen LogP contribution in [0.1, 0.15) is 84.4 Å². The molecule has 5 rings (SSSR count). The molecule has 0 aromatic heterocycles. The summed E-state index contributed by atoms with van der Waals surface area (Å²) in [4.78, 5) is 0. The normalized spacial score (nSPS) is 12.8. The second kappa shape index (κ2) is 11.8. The summed E-state index contributed by atoms with van der Waals surface area (Å²) >= 11 is 0. The SMILES string of the molecule is CCC(C)c1ccc(-c2ccc(-c3cc(-c4ccc(C(C)(C)C)cc4)cc(-c4ccc(C(C)(C)C)cc4)c3)cc2)cc1. The molecule has 0 radical (unpaired) electrons. The highest BCUT2D eigenvalue weighted by molar-refractivity contribution is 5.82. The maximum atomic E-state index is 2.34. The highest BCUT2D eigenvalue weighted by Gasteiger charge is 2.16. The predicted octanol–water partition coefficient (Wildman–Crippen LogP) is 12.5. The third-order valence-electron chi connectivity index (χ3n) is 8.75. The first-order valence-electron chi connectivity index (χ1n) is 15.5. The van der Waals surface area contributed by atoms with Crippen molar-refractivity contribution in [2.24, 2.45) is 0 Å². The van der Waals surface area contributed by atoms with Gasteiger partial charge in [0, 0.05) is 0 Å². The quantitative estimate of drug-likeness (QED) is 0.197. The number of hydrogen-bond donors (Lipinski definition) is 0. The van der Waals surface area contributed by atoms with Gasteiger partial charge in [-0.25, -0.2) is 0 Å². The number of hydrogen-bond acceptors (Lipinski definition) is 0. The van der Waals surface area contributed by atoms with Gasteiger partial charge in [-0.05, 0) is 103 Å². The van der Waals surface area contributed by atoms with Gasteiger partial charge in [-0.15, -0.1) is 0 Å². The van der Waals surface area contributed by atoms with Gasteiger partial charge < -0.3 is 0 Å². The minimum absolute atomic E-state index is 0.136. The minimum Gasteiger partial charge on any atom is -0.0648 e. The Morgan fingerprint density at radius 2 is 0.667 bits per heavy atom. The Hall–Kier alpha value is -3.90. The van der Waals surface area contributed by atoms with Crippen LogP contribution >= 0.6 is 0 Å². The van der Waals surface area contributed by atoms with E-state index in [0.717, 1.165) is 6.42 Å². The fraction of sp³-hybridized carbons (Fsp3) is 0.286. The average molecular weight is 551 g/mol. The molecule has 5 aromatic carbocycles. The first-order valence-corrected chi connectivity index (χ1v) is 15.5. The zero-order valence-electron chi connectivity index (χ0n) is 26.8. The highest BCUT2D eigenvalue weighted by atomic mass is 14.2. The Bertz CT molecular complexity index is 1540. The molecule has 0 saturated carbocycles. The van der Waals surface area contributed by atoms with Crippen molar-refractivity contribution in [3.05, 3.63) is 132 Å². The van der Waals surface area contributed by atoms with Crippen molar-refractivity contribution in [2.75, 3.05) is 0 Å². The largest absolute Gasteiger partial charge is 0.0648 e. The molecule has 1 atom stereocenters. The van der Waals surface area contributed by atoms with E-state index in [4.69, 9.17) is 0 Å². The molecule has 0 N–H and O–H groups in total. The molecular formula is C42H46. The fourth-order valence-electron chi connectivity index (χ4n) is 5.55. The summed E-state index contributed by atoms with van der Waals surface area (Å²) < 4.78 is 0. The molecule has 0 heterocycles. The molecule has 42 heavy (non-hydrogen) atoms. The Morgan fingerprint density at radius 1 is 0.405 bits per heavy atom. The summed E-state index contributed by atoms with van der Waals surface area (Å²) in [5.74, 6) is 0.595. The first-order chi connectivity index (χ1) is 19.9. The van der Waals surface area contributed by atoms with E-state index in [9.17, 15) is 0 Å². The van der Waals surface area contributed by atoms with Crippen molar-refractivity contribution in [2.45, 2.75) is 78.6 Å². The number of benzene rings is 5. The van der Waals surface area contributed by atoms with Gasteiger partial charge in [-0.1, -0.05) is 152 Å². The van der Waals surface area contributed by atoms with E-state index >= 15 is 0 Å². The van der Waals surface area contributed by atoms with Crippen molar-refractivity contribution in [3.63, 3.8) is 0 Å². The smallest absolute Gasteiger partial charge is 0.0132 e. The van der Waals surface area contributed by atoms with Crippen LogP contribution in [0.25, 0.3) is 44.5 Å². The van der Waals surface area contributed by atoms with Crippen molar-refractivity contribution in [3.8, 4) is 44.5 Å². The molecule has 1 unspecified atom stereocenters. The van der Waals surface area contributed by atoms with Crippen LogP contribution in [0, 0.1) is 0 Å². The Morgan fingerprint density at radius 3 is 0.952 bits per heavy atom. The molecule has 0 spiro atoms. The summed E-state index contributed by atoms with van der Waals surface area (Å²) in [5, 5.41) is 0. The second-order valence-electron chi connectivity index (χ2n) is 14.0. The third-order valence-corrected chi connectivity index (χ3v) is 8.75. The van der Waals surface area contributed by atoms with E-state index in [1.54, 1.807) is 0 Å². The van der Waals surface area contributed by atoms with Crippen molar-refractivity contribution in [1.82, 2.24) is 0 Å². The molecule has 0 aliphatic rings.